The maximum atomic E-state index is 12.3. The van der Waals surface area contributed by atoms with Gasteiger partial charge in [0.05, 0.1) is 12.5 Å². The van der Waals surface area contributed by atoms with Crippen LogP contribution in [-0.2, 0) is 14.3 Å². The quantitative estimate of drug-likeness (QED) is 0.838. The van der Waals surface area contributed by atoms with Crippen molar-refractivity contribution in [1.82, 2.24) is 4.90 Å². The number of piperidine rings is 1. The fourth-order valence-corrected chi connectivity index (χ4v) is 3.15. The molecule has 2 heterocycles. The Labute approximate surface area is 120 Å². The molecular weight excluding hydrogens is 258 g/mol. The van der Waals surface area contributed by atoms with Crippen LogP contribution in [0.15, 0.2) is 0 Å². The molecule has 2 aliphatic rings. The summed E-state index contributed by atoms with van der Waals surface area (Å²) in [6.45, 7) is 2.31. The van der Waals surface area contributed by atoms with E-state index in [1.807, 2.05) is 4.90 Å². The highest BCUT2D eigenvalue weighted by atomic mass is 16.5. The van der Waals surface area contributed by atoms with Crippen LogP contribution in [0.25, 0.3) is 0 Å². The van der Waals surface area contributed by atoms with Gasteiger partial charge in [0.25, 0.3) is 0 Å². The second kappa shape index (κ2) is 7.62. The summed E-state index contributed by atoms with van der Waals surface area (Å²) >= 11 is 0. The number of carboxylic acid groups (broad SMARTS) is 1. The molecule has 1 amide bonds. The highest BCUT2D eigenvalue weighted by molar-refractivity contribution is 5.76. The van der Waals surface area contributed by atoms with Gasteiger partial charge >= 0.3 is 5.97 Å². The van der Waals surface area contributed by atoms with Crippen LogP contribution in [0.1, 0.15) is 51.4 Å². The first-order valence-corrected chi connectivity index (χ1v) is 7.76. The molecular formula is C15H25NO4. The first kappa shape index (κ1) is 15.3. The van der Waals surface area contributed by atoms with E-state index in [2.05, 4.69) is 0 Å². The fraction of sp³-hybridized carbons (Fsp3) is 0.867. The lowest BCUT2D eigenvalue weighted by molar-refractivity contribution is -0.137. The predicted molar refractivity (Wildman–Crippen MR) is 74.4 cm³/mol. The number of amides is 1. The number of ether oxygens (including phenoxy) is 1. The van der Waals surface area contributed by atoms with E-state index >= 15 is 0 Å². The van der Waals surface area contributed by atoms with Crippen LogP contribution in [0, 0.1) is 5.92 Å². The zero-order chi connectivity index (χ0) is 14.4. The first-order valence-electron chi connectivity index (χ1n) is 7.76. The summed E-state index contributed by atoms with van der Waals surface area (Å²) in [5.74, 6) is -0.225. The summed E-state index contributed by atoms with van der Waals surface area (Å²) in [5.41, 5.74) is 0. The van der Waals surface area contributed by atoms with E-state index in [9.17, 15) is 9.59 Å². The smallest absolute Gasteiger partial charge is 0.303 e. The van der Waals surface area contributed by atoms with E-state index in [-0.39, 0.29) is 18.4 Å². The van der Waals surface area contributed by atoms with Crippen molar-refractivity contribution in [3.8, 4) is 0 Å². The second-order valence-corrected chi connectivity index (χ2v) is 5.97. The lowest BCUT2D eigenvalue weighted by Crippen LogP contribution is -2.41. The van der Waals surface area contributed by atoms with Crippen molar-refractivity contribution in [3.63, 3.8) is 0 Å². The summed E-state index contributed by atoms with van der Waals surface area (Å²) in [6.07, 6.45) is 6.74. The van der Waals surface area contributed by atoms with Gasteiger partial charge in [-0.2, -0.15) is 0 Å². The molecule has 0 spiro atoms. The van der Waals surface area contributed by atoms with Gasteiger partial charge in [-0.25, -0.2) is 0 Å². The number of aliphatic carboxylic acids is 1. The monoisotopic (exact) mass is 283 g/mol. The van der Waals surface area contributed by atoms with E-state index in [1.165, 1.54) is 0 Å². The van der Waals surface area contributed by atoms with E-state index < -0.39 is 5.97 Å². The maximum absolute atomic E-state index is 12.3. The Morgan fingerprint density at radius 1 is 1.20 bits per heavy atom. The topological polar surface area (TPSA) is 66.8 Å². The third kappa shape index (κ3) is 4.78. The number of carbonyl (C=O) groups excluding carboxylic acids is 1. The molecule has 0 aliphatic carbocycles. The first-order chi connectivity index (χ1) is 9.65. The van der Waals surface area contributed by atoms with Crippen molar-refractivity contribution in [2.75, 3.05) is 19.7 Å². The Bertz CT molecular complexity index is 339. The molecule has 5 heteroatoms. The van der Waals surface area contributed by atoms with Crippen molar-refractivity contribution in [3.05, 3.63) is 0 Å². The molecule has 1 N–H and O–H groups in total. The Morgan fingerprint density at radius 3 is 2.75 bits per heavy atom. The van der Waals surface area contributed by atoms with Crippen LogP contribution in [0.3, 0.4) is 0 Å². The van der Waals surface area contributed by atoms with E-state index in [1.54, 1.807) is 0 Å². The molecule has 0 aromatic heterocycles. The predicted octanol–water partition coefficient (Wildman–Crippen LogP) is 2.05. The number of likely N-dealkylation sites (tertiary alicyclic amines) is 1. The molecule has 0 aromatic rings. The average Bonchev–Trinajstić information content (AvgIpc) is 2.46. The lowest BCUT2D eigenvalue weighted by Gasteiger charge is -2.34. The van der Waals surface area contributed by atoms with Gasteiger partial charge in [-0.1, -0.05) is 0 Å². The number of hydrogen-bond acceptors (Lipinski definition) is 3. The van der Waals surface area contributed by atoms with Gasteiger partial charge in [0, 0.05) is 26.1 Å². The van der Waals surface area contributed by atoms with Crippen LogP contribution in [0.2, 0.25) is 0 Å². The summed E-state index contributed by atoms with van der Waals surface area (Å²) in [4.78, 5) is 24.8. The minimum absolute atomic E-state index is 0.0932. The molecule has 2 unspecified atom stereocenters. The number of nitrogens with zero attached hydrogens (tertiary/aromatic N) is 1. The number of carbonyl (C=O) groups is 2. The Balaban J connectivity index is 1.75. The molecule has 2 aliphatic heterocycles. The zero-order valence-electron chi connectivity index (χ0n) is 12.1. The van der Waals surface area contributed by atoms with Crippen LogP contribution < -0.4 is 0 Å². The maximum Gasteiger partial charge on any atom is 0.303 e. The Morgan fingerprint density at radius 2 is 2.05 bits per heavy atom. The van der Waals surface area contributed by atoms with Crippen molar-refractivity contribution < 1.29 is 19.4 Å². The zero-order valence-corrected chi connectivity index (χ0v) is 12.1. The van der Waals surface area contributed by atoms with Gasteiger partial charge in [0.2, 0.25) is 5.91 Å². The summed E-state index contributed by atoms with van der Waals surface area (Å²) < 4.78 is 5.62. The molecule has 5 nitrogen and oxygen atoms in total. The van der Waals surface area contributed by atoms with Crippen molar-refractivity contribution in [2.45, 2.75) is 57.5 Å². The largest absolute Gasteiger partial charge is 0.481 e. The molecule has 0 bridgehead atoms. The molecule has 2 fully saturated rings. The number of carboxylic acids is 1. The van der Waals surface area contributed by atoms with E-state index in [0.717, 1.165) is 51.8 Å². The van der Waals surface area contributed by atoms with Gasteiger partial charge in [-0.15, -0.1) is 0 Å². The SMILES string of the molecule is O=C(O)CCC1CCCN(C(=O)CC2CCCCO2)C1. The molecule has 114 valence electrons. The van der Waals surface area contributed by atoms with Crippen LogP contribution in [0.5, 0.6) is 0 Å². The third-order valence-electron chi connectivity index (χ3n) is 4.31. The van der Waals surface area contributed by atoms with Gasteiger partial charge in [0.1, 0.15) is 0 Å². The van der Waals surface area contributed by atoms with Gasteiger partial charge in [-0.3, -0.25) is 9.59 Å². The highest BCUT2D eigenvalue weighted by Gasteiger charge is 2.26. The second-order valence-electron chi connectivity index (χ2n) is 5.97. The van der Waals surface area contributed by atoms with Crippen molar-refractivity contribution in [2.24, 2.45) is 5.92 Å². The van der Waals surface area contributed by atoms with Crippen molar-refractivity contribution in [1.29, 1.82) is 0 Å². The minimum Gasteiger partial charge on any atom is -0.481 e. The normalized spacial score (nSPS) is 27.3. The van der Waals surface area contributed by atoms with E-state index in [4.69, 9.17) is 9.84 Å². The van der Waals surface area contributed by atoms with Gasteiger partial charge in [0.15, 0.2) is 0 Å². The molecule has 2 atom stereocenters. The average molecular weight is 283 g/mol. The summed E-state index contributed by atoms with van der Waals surface area (Å²) in [6, 6.07) is 0. The Hall–Kier alpha value is -1.10. The van der Waals surface area contributed by atoms with Crippen LogP contribution in [0.4, 0.5) is 0 Å². The lowest BCUT2D eigenvalue weighted by atomic mass is 9.93. The van der Waals surface area contributed by atoms with Crippen LogP contribution >= 0.6 is 0 Å². The molecule has 0 aromatic carbocycles. The van der Waals surface area contributed by atoms with Gasteiger partial charge in [-0.05, 0) is 44.4 Å². The third-order valence-corrected chi connectivity index (χ3v) is 4.31. The van der Waals surface area contributed by atoms with Crippen LogP contribution in [-0.4, -0.2) is 47.7 Å². The van der Waals surface area contributed by atoms with E-state index in [0.29, 0.717) is 18.8 Å². The molecule has 2 saturated heterocycles. The summed E-state index contributed by atoms with van der Waals surface area (Å²) in [7, 11) is 0. The minimum atomic E-state index is -0.746. The standard InChI is InChI=1S/C15H25NO4/c17-14(10-13-5-1-2-9-20-13)16-8-3-4-12(11-16)6-7-15(18)19/h12-13H,1-11H2,(H,18,19). The molecule has 20 heavy (non-hydrogen) atoms. The number of hydrogen-bond donors (Lipinski definition) is 1. The Kier molecular flexibility index (Phi) is 5.83. The highest BCUT2D eigenvalue weighted by Crippen LogP contribution is 2.23. The number of rotatable bonds is 5. The van der Waals surface area contributed by atoms with Gasteiger partial charge < -0.3 is 14.7 Å². The molecule has 0 saturated carbocycles. The fourth-order valence-electron chi connectivity index (χ4n) is 3.15. The molecule has 0 radical (unpaired) electrons. The summed E-state index contributed by atoms with van der Waals surface area (Å²) in [5, 5.41) is 8.74. The van der Waals surface area contributed by atoms with Crippen molar-refractivity contribution >= 4 is 11.9 Å². The molecule has 2 rings (SSSR count).